The van der Waals surface area contributed by atoms with Gasteiger partial charge in [0.1, 0.15) is 6.26 Å². The van der Waals surface area contributed by atoms with E-state index < -0.39 is 0 Å². The molecule has 2 N–H and O–H groups in total. The summed E-state index contributed by atoms with van der Waals surface area (Å²) in [6.07, 6.45) is 1.59. The summed E-state index contributed by atoms with van der Waals surface area (Å²) in [5, 5.41) is 3.59. The van der Waals surface area contributed by atoms with E-state index in [1.165, 1.54) is 0 Å². The van der Waals surface area contributed by atoms with E-state index in [1.807, 2.05) is 0 Å². The average Bonchev–Trinajstić information content (AvgIpc) is 2.11. The first-order valence-electron chi connectivity index (χ1n) is 3.22. The van der Waals surface area contributed by atoms with Gasteiger partial charge in [0.05, 0.1) is 0 Å². The maximum Gasteiger partial charge on any atom is 0.170 e. The number of nitrogen functional groups attached to an aromatic ring is 1. The smallest absolute Gasteiger partial charge is 0.170 e. The number of rotatable bonds is 0. The highest BCUT2D eigenvalue weighted by atomic mass is 16.5. The first kappa shape index (κ1) is 7.12. The molecule has 3 nitrogen and oxygen atoms in total. The highest BCUT2D eigenvalue weighted by molar-refractivity contribution is 5.40. The summed E-state index contributed by atoms with van der Waals surface area (Å²) < 4.78 is 4.70. The number of hydrogen-bond acceptors (Lipinski definition) is 3. The second kappa shape index (κ2) is 2.01. The van der Waals surface area contributed by atoms with Crippen LogP contribution in [0.3, 0.4) is 0 Å². The summed E-state index contributed by atoms with van der Waals surface area (Å²) in [5.41, 5.74) is 6.52. The molecule has 0 spiro atoms. The fourth-order valence-electron chi connectivity index (χ4n) is 0.806. The Bertz CT molecular complexity index is 222. The van der Waals surface area contributed by atoms with Crippen LogP contribution in [0, 0.1) is 0 Å². The van der Waals surface area contributed by atoms with Gasteiger partial charge in [-0.1, -0.05) is 25.9 Å². The molecule has 0 unspecified atom stereocenters. The Hall–Kier alpha value is -0.990. The molecule has 1 rings (SSSR count). The molecule has 0 aromatic carbocycles. The Morgan fingerprint density at radius 3 is 2.30 bits per heavy atom. The van der Waals surface area contributed by atoms with Gasteiger partial charge in [-0.25, -0.2) is 0 Å². The van der Waals surface area contributed by atoms with E-state index in [1.54, 1.807) is 6.26 Å². The third kappa shape index (κ3) is 1.12. The van der Waals surface area contributed by atoms with Crippen LogP contribution in [0.4, 0.5) is 5.82 Å². The van der Waals surface area contributed by atoms with Crippen molar-refractivity contribution in [3.05, 3.63) is 11.8 Å². The number of anilines is 1. The quantitative estimate of drug-likeness (QED) is 0.594. The molecule has 0 aliphatic rings. The largest absolute Gasteiger partial charge is 0.381 e. The van der Waals surface area contributed by atoms with Gasteiger partial charge in [0, 0.05) is 5.56 Å². The van der Waals surface area contributed by atoms with Gasteiger partial charge in [-0.05, 0) is 5.41 Å². The Balaban J connectivity index is 3.05. The minimum atomic E-state index is 0.0318. The van der Waals surface area contributed by atoms with Crippen molar-refractivity contribution in [3.63, 3.8) is 0 Å². The van der Waals surface area contributed by atoms with E-state index >= 15 is 0 Å². The summed E-state index contributed by atoms with van der Waals surface area (Å²) in [7, 11) is 0. The Kier molecular flexibility index (Phi) is 1.43. The maximum absolute atomic E-state index is 5.52. The van der Waals surface area contributed by atoms with E-state index in [0.717, 1.165) is 5.56 Å². The van der Waals surface area contributed by atoms with Crippen LogP contribution in [0.15, 0.2) is 10.8 Å². The van der Waals surface area contributed by atoms with Crippen LogP contribution >= 0.6 is 0 Å². The van der Waals surface area contributed by atoms with Crippen molar-refractivity contribution in [3.8, 4) is 0 Å². The number of aromatic nitrogens is 1. The van der Waals surface area contributed by atoms with Crippen LogP contribution in [0.1, 0.15) is 26.3 Å². The molecule has 0 fully saturated rings. The van der Waals surface area contributed by atoms with E-state index in [2.05, 4.69) is 25.9 Å². The average molecular weight is 140 g/mol. The predicted octanol–water partition coefficient (Wildman–Crippen LogP) is 1.55. The van der Waals surface area contributed by atoms with Crippen molar-refractivity contribution in [2.75, 3.05) is 5.73 Å². The number of nitrogens with zero attached hydrogens (tertiary/aromatic N) is 1. The molecule has 3 heteroatoms. The lowest BCUT2D eigenvalue weighted by molar-refractivity contribution is 0.419. The van der Waals surface area contributed by atoms with E-state index in [-0.39, 0.29) is 5.41 Å². The van der Waals surface area contributed by atoms with Crippen LogP contribution in [-0.4, -0.2) is 5.16 Å². The maximum atomic E-state index is 5.52. The van der Waals surface area contributed by atoms with Crippen molar-refractivity contribution >= 4 is 5.82 Å². The number of hydrogen-bond donors (Lipinski definition) is 1. The zero-order chi connectivity index (χ0) is 7.78. The molecule has 56 valence electrons. The summed E-state index contributed by atoms with van der Waals surface area (Å²) in [4.78, 5) is 0. The Morgan fingerprint density at radius 1 is 1.50 bits per heavy atom. The van der Waals surface area contributed by atoms with Gasteiger partial charge in [0.25, 0.3) is 0 Å². The SMILES string of the molecule is CC(C)(C)c1conc1N. The minimum Gasteiger partial charge on any atom is -0.381 e. The lowest BCUT2D eigenvalue weighted by Crippen LogP contribution is -2.12. The Labute approximate surface area is 60.2 Å². The summed E-state index contributed by atoms with van der Waals surface area (Å²) in [6.45, 7) is 6.20. The Morgan fingerprint density at radius 2 is 2.10 bits per heavy atom. The van der Waals surface area contributed by atoms with E-state index in [4.69, 9.17) is 10.3 Å². The monoisotopic (exact) mass is 140 g/mol. The second-order valence-electron chi connectivity index (χ2n) is 3.36. The van der Waals surface area contributed by atoms with Gasteiger partial charge < -0.3 is 10.3 Å². The highest BCUT2D eigenvalue weighted by Crippen LogP contribution is 2.25. The van der Waals surface area contributed by atoms with Crippen LogP contribution in [0.25, 0.3) is 0 Å². The third-order valence-electron chi connectivity index (χ3n) is 1.41. The normalized spacial score (nSPS) is 11.9. The molecule has 0 amide bonds. The number of nitrogens with two attached hydrogens (primary N) is 1. The summed E-state index contributed by atoms with van der Waals surface area (Å²) in [5.74, 6) is 0.493. The van der Waals surface area contributed by atoms with Gasteiger partial charge in [-0.15, -0.1) is 0 Å². The minimum absolute atomic E-state index is 0.0318. The molecule has 0 radical (unpaired) electrons. The van der Waals surface area contributed by atoms with Crippen molar-refractivity contribution in [2.45, 2.75) is 26.2 Å². The van der Waals surface area contributed by atoms with Gasteiger partial charge in [-0.3, -0.25) is 0 Å². The molecule has 0 saturated carbocycles. The molecule has 1 aromatic rings. The predicted molar refractivity (Wildman–Crippen MR) is 39.6 cm³/mol. The molecule has 0 aliphatic carbocycles. The molecular formula is C7H12N2O. The van der Waals surface area contributed by atoms with Crippen LogP contribution in [-0.2, 0) is 5.41 Å². The highest BCUT2D eigenvalue weighted by Gasteiger charge is 2.19. The first-order valence-corrected chi connectivity index (χ1v) is 3.22. The fourth-order valence-corrected chi connectivity index (χ4v) is 0.806. The van der Waals surface area contributed by atoms with Crippen LogP contribution < -0.4 is 5.73 Å². The molecule has 0 bridgehead atoms. The fraction of sp³-hybridized carbons (Fsp3) is 0.571. The van der Waals surface area contributed by atoms with Crippen molar-refractivity contribution < 1.29 is 4.52 Å². The third-order valence-corrected chi connectivity index (χ3v) is 1.41. The zero-order valence-corrected chi connectivity index (χ0v) is 6.51. The van der Waals surface area contributed by atoms with Gasteiger partial charge in [0.2, 0.25) is 0 Å². The molecular weight excluding hydrogens is 128 g/mol. The van der Waals surface area contributed by atoms with Crippen LogP contribution in [0.2, 0.25) is 0 Å². The van der Waals surface area contributed by atoms with Gasteiger partial charge >= 0.3 is 0 Å². The van der Waals surface area contributed by atoms with Crippen molar-refractivity contribution in [2.24, 2.45) is 0 Å². The lowest BCUT2D eigenvalue weighted by Gasteiger charge is -2.15. The van der Waals surface area contributed by atoms with Gasteiger partial charge in [-0.2, -0.15) is 0 Å². The van der Waals surface area contributed by atoms with E-state index in [0.29, 0.717) is 5.82 Å². The molecule has 0 saturated heterocycles. The lowest BCUT2D eigenvalue weighted by atomic mass is 9.89. The van der Waals surface area contributed by atoms with Crippen molar-refractivity contribution in [1.29, 1.82) is 0 Å². The molecule has 0 aliphatic heterocycles. The van der Waals surface area contributed by atoms with Crippen molar-refractivity contribution in [1.82, 2.24) is 5.16 Å². The van der Waals surface area contributed by atoms with Gasteiger partial charge in [0.15, 0.2) is 5.82 Å². The standard InChI is InChI=1S/C7H12N2O/c1-7(2,3)5-4-10-9-6(5)8/h4H,1-3H3,(H2,8,9). The first-order chi connectivity index (χ1) is 4.52. The van der Waals surface area contributed by atoms with Crippen LogP contribution in [0.5, 0.6) is 0 Å². The molecule has 1 heterocycles. The van der Waals surface area contributed by atoms with E-state index in [9.17, 15) is 0 Å². The summed E-state index contributed by atoms with van der Waals surface area (Å²) in [6, 6.07) is 0. The summed E-state index contributed by atoms with van der Waals surface area (Å²) >= 11 is 0. The zero-order valence-electron chi connectivity index (χ0n) is 6.51. The molecule has 10 heavy (non-hydrogen) atoms. The topological polar surface area (TPSA) is 52.0 Å². The second-order valence-corrected chi connectivity index (χ2v) is 3.36. The molecule has 1 aromatic heterocycles. The molecule has 0 atom stereocenters.